The number of aryl methyl sites for hydroxylation is 2. The van der Waals surface area contributed by atoms with E-state index in [-0.39, 0.29) is 6.03 Å². The number of hydrogen-bond acceptors (Lipinski definition) is 4. The summed E-state index contributed by atoms with van der Waals surface area (Å²) in [6.45, 7) is 0. The summed E-state index contributed by atoms with van der Waals surface area (Å²) in [6, 6.07) is 6.99. The average Bonchev–Trinajstić information content (AvgIpc) is 3.08. The first-order chi connectivity index (χ1) is 10.6. The summed E-state index contributed by atoms with van der Waals surface area (Å²) < 4.78 is 3.26. The standard InChI is InChI=1S/C14H15N7O/c1-20-8-12(7-16-20)18-14(22)17-11-5-3-10(4-6-11)13-15-9-21(2)19-13/h3-9H,1-2H3,(H2,17,18,22). The van der Waals surface area contributed by atoms with Gasteiger partial charge in [-0.05, 0) is 24.3 Å². The first-order valence-corrected chi connectivity index (χ1v) is 6.63. The lowest BCUT2D eigenvalue weighted by Gasteiger charge is -2.06. The van der Waals surface area contributed by atoms with Gasteiger partial charge in [0.15, 0.2) is 5.82 Å². The molecule has 0 aliphatic carbocycles. The molecule has 2 N–H and O–H groups in total. The SMILES string of the molecule is Cn1cc(NC(=O)Nc2ccc(-c3ncn(C)n3)cc2)cn1. The van der Waals surface area contributed by atoms with Gasteiger partial charge in [0.1, 0.15) is 6.33 Å². The first-order valence-electron chi connectivity index (χ1n) is 6.63. The summed E-state index contributed by atoms with van der Waals surface area (Å²) in [6.07, 6.45) is 4.94. The van der Waals surface area contributed by atoms with Crippen molar-refractivity contribution in [3.05, 3.63) is 43.0 Å². The highest BCUT2D eigenvalue weighted by Gasteiger charge is 2.06. The lowest BCUT2D eigenvalue weighted by Crippen LogP contribution is -2.19. The summed E-state index contributed by atoms with van der Waals surface area (Å²) in [5, 5.41) is 13.7. The molecule has 0 aliphatic rings. The molecule has 0 saturated carbocycles. The van der Waals surface area contributed by atoms with Crippen LogP contribution in [0.15, 0.2) is 43.0 Å². The van der Waals surface area contributed by atoms with Crippen molar-refractivity contribution in [1.82, 2.24) is 24.5 Å². The Hall–Kier alpha value is -3.16. The Morgan fingerprint density at radius 2 is 1.77 bits per heavy atom. The number of nitrogens with zero attached hydrogens (tertiary/aromatic N) is 5. The molecule has 22 heavy (non-hydrogen) atoms. The van der Waals surface area contributed by atoms with Crippen LogP contribution < -0.4 is 10.6 Å². The number of carbonyl (C=O) groups is 1. The van der Waals surface area contributed by atoms with Crippen molar-refractivity contribution < 1.29 is 4.79 Å². The Labute approximate surface area is 126 Å². The van der Waals surface area contributed by atoms with E-state index >= 15 is 0 Å². The molecule has 2 heterocycles. The van der Waals surface area contributed by atoms with Gasteiger partial charge in [0.05, 0.1) is 11.9 Å². The highest BCUT2D eigenvalue weighted by molar-refractivity contribution is 5.99. The van der Waals surface area contributed by atoms with Gasteiger partial charge in [-0.2, -0.15) is 10.2 Å². The van der Waals surface area contributed by atoms with Gasteiger partial charge >= 0.3 is 6.03 Å². The van der Waals surface area contributed by atoms with Gasteiger partial charge in [0.25, 0.3) is 0 Å². The number of carbonyl (C=O) groups excluding carboxylic acids is 1. The van der Waals surface area contributed by atoms with Gasteiger partial charge in [0, 0.05) is 31.5 Å². The topological polar surface area (TPSA) is 89.7 Å². The normalized spacial score (nSPS) is 10.5. The first kappa shape index (κ1) is 13.8. The molecule has 0 aliphatic heterocycles. The Morgan fingerprint density at radius 1 is 1.05 bits per heavy atom. The van der Waals surface area contributed by atoms with E-state index in [2.05, 4.69) is 25.8 Å². The molecule has 0 radical (unpaired) electrons. The number of benzene rings is 1. The van der Waals surface area contributed by atoms with Gasteiger partial charge < -0.3 is 10.6 Å². The van der Waals surface area contributed by atoms with Crippen molar-refractivity contribution in [2.45, 2.75) is 0 Å². The molecule has 2 aromatic heterocycles. The highest BCUT2D eigenvalue weighted by Crippen LogP contribution is 2.17. The fourth-order valence-corrected chi connectivity index (χ4v) is 1.95. The van der Waals surface area contributed by atoms with Crippen LogP contribution in [0.2, 0.25) is 0 Å². The van der Waals surface area contributed by atoms with Crippen LogP contribution in [-0.4, -0.2) is 30.6 Å². The lowest BCUT2D eigenvalue weighted by atomic mass is 10.2. The molecule has 0 atom stereocenters. The molecule has 0 unspecified atom stereocenters. The lowest BCUT2D eigenvalue weighted by molar-refractivity contribution is 0.262. The number of nitrogens with one attached hydrogen (secondary N) is 2. The molecule has 112 valence electrons. The van der Waals surface area contributed by atoms with E-state index in [1.165, 1.54) is 0 Å². The molecule has 0 spiro atoms. The number of urea groups is 1. The highest BCUT2D eigenvalue weighted by atomic mass is 16.2. The maximum Gasteiger partial charge on any atom is 0.323 e. The van der Waals surface area contributed by atoms with Crippen molar-refractivity contribution in [1.29, 1.82) is 0 Å². The quantitative estimate of drug-likeness (QED) is 0.772. The molecule has 3 rings (SSSR count). The Kier molecular flexibility index (Phi) is 3.57. The summed E-state index contributed by atoms with van der Waals surface area (Å²) in [4.78, 5) is 16.0. The van der Waals surface area contributed by atoms with E-state index in [9.17, 15) is 4.79 Å². The Morgan fingerprint density at radius 3 is 2.36 bits per heavy atom. The zero-order valence-electron chi connectivity index (χ0n) is 12.2. The molecule has 0 fully saturated rings. The molecular formula is C14H15N7O. The number of aromatic nitrogens is 5. The second kappa shape index (κ2) is 5.68. The molecule has 8 heteroatoms. The zero-order valence-corrected chi connectivity index (χ0v) is 12.2. The van der Waals surface area contributed by atoms with Crippen molar-refractivity contribution in [3.8, 4) is 11.4 Å². The van der Waals surface area contributed by atoms with Gasteiger partial charge in [-0.1, -0.05) is 0 Å². The molecule has 0 bridgehead atoms. The van der Waals surface area contributed by atoms with E-state index in [1.54, 1.807) is 47.3 Å². The minimum absolute atomic E-state index is 0.322. The third-order valence-corrected chi connectivity index (χ3v) is 2.96. The Balaban J connectivity index is 1.64. The van der Waals surface area contributed by atoms with Gasteiger partial charge in [0.2, 0.25) is 0 Å². The monoisotopic (exact) mass is 297 g/mol. The maximum absolute atomic E-state index is 11.9. The van der Waals surface area contributed by atoms with Gasteiger partial charge in [-0.3, -0.25) is 9.36 Å². The maximum atomic E-state index is 11.9. The van der Waals surface area contributed by atoms with E-state index < -0.39 is 0 Å². The molecule has 1 aromatic carbocycles. The largest absolute Gasteiger partial charge is 0.323 e. The van der Waals surface area contributed by atoms with Crippen molar-refractivity contribution >= 4 is 17.4 Å². The molecular weight excluding hydrogens is 282 g/mol. The minimum Gasteiger partial charge on any atom is -0.308 e. The summed E-state index contributed by atoms with van der Waals surface area (Å²) >= 11 is 0. The third-order valence-electron chi connectivity index (χ3n) is 2.96. The zero-order chi connectivity index (χ0) is 15.5. The number of amides is 2. The van der Waals surface area contributed by atoms with Crippen LogP contribution in [0.1, 0.15) is 0 Å². The van der Waals surface area contributed by atoms with Crippen LogP contribution in [0.25, 0.3) is 11.4 Å². The fraction of sp³-hybridized carbons (Fsp3) is 0.143. The van der Waals surface area contributed by atoms with Gasteiger partial charge in [-0.15, -0.1) is 0 Å². The number of hydrogen-bond donors (Lipinski definition) is 2. The van der Waals surface area contributed by atoms with E-state index in [0.717, 1.165) is 5.56 Å². The van der Waals surface area contributed by atoms with E-state index in [0.29, 0.717) is 17.2 Å². The predicted octanol–water partition coefficient (Wildman–Crippen LogP) is 1.86. The smallest absolute Gasteiger partial charge is 0.308 e. The average molecular weight is 297 g/mol. The molecule has 0 saturated heterocycles. The second-order valence-electron chi connectivity index (χ2n) is 4.80. The van der Waals surface area contributed by atoms with Gasteiger partial charge in [-0.25, -0.2) is 9.78 Å². The van der Waals surface area contributed by atoms with Crippen LogP contribution in [0, 0.1) is 0 Å². The fourth-order valence-electron chi connectivity index (χ4n) is 1.95. The van der Waals surface area contributed by atoms with Crippen LogP contribution in [0.3, 0.4) is 0 Å². The molecule has 3 aromatic rings. The number of anilines is 2. The summed E-state index contributed by atoms with van der Waals surface area (Å²) in [5.74, 6) is 0.647. The van der Waals surface area contributed by atoms with Crippen molar-refractivity contribution in [2.75, 3.05) is 10.6 Å². The minimum atomic E-state index is -0.322. The van der Waals surface area contributed by atoms with Crippen molar-refractivity contribution in [3.63, 3.8) is 0 Å². The molecule has 8 nitrogen and oxygen atoms in total. The van der Waals surface area contributed by atoms with Crippen LogP contribution in [-0.2, 0) is 14.1 Å². The van der Waals surface area contributed by atoms with E-state index in [4.69, 9.17) is 0 Å². The predicted molar refractivity (Wildman–Crippen MR) is 82.3 cm³/mol. The molecule has 2 amide bonds. The van der Waals surface area contributed by atoms with E-state index in [1.807, 2.05) is 19.2 Å². The summed E-state index contributed by atoms with van der Waals surface area (Å²) in [7, 11) is 3.60. The third kappa shape index (κ3) is 3.11. The van der Waals surface area contributed by atoms with Crippen LogP contribution in [0.5, 0.6) is 0 Å². The summed E-state index contributed by atoms with van der Waals surface area (Å²) in [5.41, 5.74) is 2.20. The Bertz CT molecular complexity index is 788. The van der Waals surface area contributed by atoms with Crippen molar-refractivity contribution in [2.24, 2.45) is 14.1 Å². The second-order valence-corrected chi connectivity index (χ2v) is 4.80. The number of rotatable bonds is 3. The van der Waals surface area contributed by atoms with Crippen LogP contribution >= 0.6 is 0 Å². The van der Waals surface area contributed by atoms with Crippen LogP contribution in [0.4, 0.5) is 16.2 Å².